The summed E-state index contributed by atoms with van der Waals surface area (Å²) < 4.78 is 12.0. The molecule has 3 aromatic rings. The predicted molar refractivity (Wildman–Crippen MR) is 105 cm³/mol. The van der Waals surface area contributed by atoms with E-state index in [0.717, 1.165) is 47.2 Å². The fraction of sp³-hybridized carbons (Fsp3) is 0.571. The highest BCUT2D eigenvalue weighted by molar-refractivity contribution is 5.97. The number of hydrogen-bond donors (Lipinski definition) is 3. The number of aromatic nitrogens is 4. The van der Waals surface area contributed by atoms with Gasteiger partial charge in [0.05, 0.1) is 16.9 Å². The molecule has 8 nitrogen and oxygen atoms in total. The zero-order valence-electron chi connectivity index (χ0n) is 16.5. The molecular weight excluding hydrogens is 370 g/mol. The molecule has 3 heterocycles. The Morgan fingerprint density at radius 3 is 2.93 bits per heavy atom. The molecule has 3 unspecified atom stereocenters. The Morgan fingerprint density at radius 1 is 1.34 bits per heavy atom. The first-order chi connectivity index (χ1) is 14.1. The van der Waals surface area contributed by atoms with E-state index < -0.39 is 5.60 Å². The Kier molecular flexibility index (Phi) is 3.77. The van der Waals surface area contributed by atoms with Crippen LogP contribution in [-0.4, -0.2) is 39.0 Å². The highest BCUT2D eigenvalue weighted by Gasteiger charge is 2.54. The van der Waals surface area contributed by atoms with Crippen LogP contribution in [0.5, 0.6) is 0 Å². The van der Waals surface area contributed by atoms with Gasteiger partial charge in [-0.2, -0.15) is 0 Å². The molecule has 5 atom stereocenters. The maximum atomic E-state index is 10.9. The number of aromatic amines is 1. The molecular formula is C21H26N5O3+. The second-order valence-electron chi connectivity index (χ2n) is 9.17. The number of fused-ring (bicyclic) bond motifs is 1. The number of aliphatic hydroxyl groups is 1. The number of rotatable bonds is 5. The summed E-state index contributed by atoms with van der Waals surface area (Å²) in [5, 5.41) is 20.1. The summed E-state index contributed by atoms with van der Waals surface area (Å²) in [5.74, 6) is 1.71. The summed E-state index contributed by atoms with van der Waals surface area (Å²) in [7, 11) is 1.62. The number of H-pyrrole nitrogens is 1. The van der Waals surface area contributed by atoms with E-state index in [1.165, 1.54) is 12.8 Å². The van der Waals surface area contributed by atoms with Crippen LogP contribution in [0.2, 0.25) is 0 Å². The lowest BCUT2D eigenvalue weighted by molar-refractivity contribution is -0.894. The van der Waals surface area contributed by atoms with Gasteiger partial charge in [-0.15, -0.1) is 0 Å². The number of ether oxygens (including phenoxy) is 1. The van der Waals surface area contributed by atoms with Crippen molar-refractivity contribution < 1.29 is 19.2 Å². The Bertz CT molecular complexity index is 1040. The van der Waals surface area contributed by atoms with E-state index >= 15 is 0 Å². The number of nitrogens with zero attached hydrogens (tertiary/aromatic N) is 3. The van der Waals surface area contributed by atoms with E-state index in [4.69, 9.17) is 9.37 Å². The van der Waals surface area contributed by atoms with E-state index in [9.17, 15) is 5.11 Å². The first-order valence-electron chi connectivity index (χ1n) is 10.4. The molecule has 4 aliphatic carbocycles. The maximum absolute atomic E-state index is 10.9. The molecule has 0 aliphatic heterocycles. The zero-order valence-corrected chi connectivity index (χ0v) is 16.5. The predicted octanol–water partition coefficient (Wildman–Crippen LogP) is 2.46. The average Bonchev–Trinajstić information content (AvgIpc) is 3.33. The molecule has 8 heteroatoms. The fourth-order valence-corrected chi connectivity index (χ4v) is 6.33. The third kappa shape index (κ3) is 2.77. The second-order valence-corrected chi connectivity index (χ2v) is 9.17. The van der Waals surface area contributed by atoms with Gasteiger partial charge in [0.2, 0.25) is 6.73 Å². The lowest BCUT2D eigenvalue weighted by atomic mass is 9.52. The van der Waals surface area contributed by atoms with Crippen LogP contribution in [0.15, 0.2) is 29.3 Å². The molecule has 0 aromatic carbocycles. The molecule has 0 radical (unpaired) electrons. The lowest BCUT2D eigenvalue weighted by Crippen LogP contribution is -2.59. The van der Waals surface area contributed by atoms with Gasteiger partial charge in [0.25, 0.3) is 5.69 Å². The summed E-state index contributed by atoms with van der Waals surface area (Å²) in [5.41, 5.74) is 3.10. The number of hydrogen-bond acceptors (Lipinski definition) is 6. The molecule has 0 spiro atoms. The molecule has 4 bridgehead atoms. The number of pyridine rings is 1. The van der Waals surface area contributed by atoms with Crippen molar-refractivity contribution in [3.63, 3.8) is 0 Å². The van der Waals surface area contributed by atoms with Crippen molar-refractivity contribution in [3.8, 4) is 11.3 Å². The molecule has 4 saturated carbocycles. The Morgan fingerprint density at radius 2 is 2.17 bits per heavy atom. The largest absolute Gasteiger partial charge is 0.390 e. The minimum atomic E-state index is -0.434. The van der Waals surface area contributed by atoms with Gasteiger partial charge in [-0.25, -0.2) is 4.98 Å². The summed E-state index contributed by atoms with van der Waals surface area (Å²) in [6, 6.07) is 2.42. The monoisotopic (exact) mass is 396 g/mol. The molecule has 0 amide bonds. The SMILES string of the molecule is COC[n+]1cc(-c2cnc3[nH]ccc3c2NC2[C@@H]3CC4C[C@H]2CC(O)(C4)C3)no1. The van der Waals surface area contributed by atoms with E-state index in [0.29, 0.717) is 30.5 Å². The molecule has 3 N–H and O–H groups in total. The second kappa shape index (κ2) is 6.27. The van der Waals surface area contributed by atoms with Crippen LogP contribution in [0.1, 0.15) is 32.1 Å². The van der Waals surface area contributed by atoms with E-state index in [1.54, 1.807) is 11.8 Å². The van der Waals surface area contributed by atoms with Crippen LogP contribution in [0.4, 0.5) is 5.69 Å². The van der Waals surface area contributed by atoms with Gasteiger partial charge >= 0.3 is 0 Å². The van der Waals surface area contributed by atoms with Gasteiger partial charge in [-0.1, -0.05) is 4.63 Å². The summed E-state index contributed by atoms with van der Waals surface area (Å²) in [4.78, 5) is 7.78. The molecule has 3 aromatic heterocycles. The summed E-state index contributed by atoms with van der Waals surface area (Å²) in [6.45, 7) is 0.308. The van der Waals surface area contributed by atoms with Crippen molar-refractivity contribution in [2.24, 2.45) is 17.8 Å². The Balaban J connectivity index is 1.40. The molecule has 152 valence electrons. The highest BCUT2D eigenvalue weighted by atomic mass is 16.6. The van der Waals surface area contributed by atoms with Gasteiger partial charge in [0.1, 0.15) is 5.65 Å². The van der Waals surface area contributed by atoms with E-state index in [2.05, 4.69) is 26.5 Å². The van der Waals surface area contributed by atoms with Crippen molar-refractivity contribution in [1.29, 1.82) is 0 Å². The number of methoxy groups -OCH3 is 1. The number of nitrogens with one attached hydrogen (secondary N) is 2. The third-order valence-corrected chi connectivity index (χ3v) is 7.18. The van der Waals surface area contributed by atoms with Gasteiger partial charge in [-0.3, -0.25) is 0 Å². The molecule has 4 aliphatic rings. The van der Waals surface area contributed by atoms with Crippen LogP contribution in [0.25, 0.3) is 22.3 Å². The zero-order chi connectivity index (χ0) is 19.6. The Hall–Kier alpha value is -2.45. The highest BCUT2D eigenvalue weighted by Crippen LogP contribution is 2.56. The van der Waals surface area contributed by atoms with Crippen molar-refractivity contribution in [3.05, 3.63) is 24.7 Å². The quantitative estimate of drug-likeness (QED) is 0.573. The molecule has 0 saturated heterocycles. The van der Waals surface area contributed by atoms with Crippen molar-refractivity contribution in [2.75, 3.05) is 12.4 Å². The van der Waals surface area contributed by atoms with Gasteiger partial charge < -0.3 is 20.1 Å². The lowest BCUT2D eigenvalue weighted by Gasteiger charge is -2.58. The van der Waals surface area contributed by atoms with Crippen LogP contribution >= 0.6 is 0 Å². The summed E-state index contributed by atoms with van der Waals surface area (Å²) >= 11 is 0. The van der Waals surface area contributed by atoms with E-state index in [-0.39, 0.29) is 0 Å². The van der Waals surface area contributed by atoms with Gasteiger partial charge in [0.15, 0.2) is 11.4 Å². The fourth-order valence-electron chi connectivity index (χ4n) is 6.33. The van der Waals surface area contributed by atoms with Gasteiger partial charge in [0, 0.05) is 30.9 Å². The molecule has 29 heavy (non-hydrogen) atoms. The minimum Gasteiger partial charge on any atom is -0.390 e. The standard InChI is InChI=1S/C21H25N5O3/c1-28-11-26-10-17(25-29-26)16-9-23-20-15(2-3-22-20)19(16)24-18-13-4-12-5-14(18)8-21(27,6-12)7-13/h2-3,9-10,12-14,18,25,27H,4-8,11H2,1H3/p+1/t12?,13-,14+,18?,21?. The van der Waals surface area contributed by atoms with E-state index in [1.807, 2.05) is 18.6 Å². The minimum absolute atomic E-state index is 0.308. The third-order valence-electron chi connectivity index (χ3n) is 7.18. The first-order valence-corrected chi connectivity index (χ1v) is 10.4. The number of anilines is 1. The van der Waals surface area contributed by atoms with Crippen molar-refractivity contribution >= 4 is 16.7 Å². The average molecular weight is 396 g/mol. The normalized spacial score (nSPS) is 32.9. The summed E-state index contributed by atoms with van der Waals surface area (Å²) in [6.07, 6.45) is 10.8. The first kappa shape index (κ1) is 17.4. The van der Waals surface area contributed by atoms with Crippen molar-refractivity contribution in [2.45, 2.75) is 50.5 Å². The van der Waals surface area contributed by atoms with Crippen LogP contribution in [0, 0.1) is 17.8 Å². The van der Waals surface area contributed by atoms with Crippen LogP contribution in [-0.2, 0) is 11.5 Å². The smallest absolute Gasteiger partial charge is 0.277 e. The van der Waals surface area contributed by atoms with Crippen molar-refractivity contribution in [1.82, 2.24) is 15.1 Å². The molecule has 7 rings (SSSR count). The maximum Gasteiger partial charge on any atom is 0.277 e. The van der Waals surface area contributed by atoms with Gasteiger partial charge in [-0.05, 0) is 60.7 Å². The Labute approximate surface area is 168 Å². The van der Waals surface area contributed by atoms with Crippen LogP contribution in [0.3, 0.4) is 0 Å². The van der Waals surface area contributed by atoms with Crippen LogP contribution < -0.4 is 10.1 Å². The molecule has 4 fully saturated rings. The topological polar surface area (TPSA) is 100 Å².